The maximum atomic E-state index is 12.7. The zero-order valence-electron chi connectivity index (χ0n) is 13.9. The number of nitrogens with zero attached hydrogens (tertiary/aromatic N) is 1. The molecule has 0 aromatic heterocycles. The number of ether oxygens (including phenoxy) is 1. The molecule has 27 heavy (non-hydrogen) atoms. The number of rotatable bonds is 5. The van der Waals surface area contributed by atoms with Crippen LogP contribution in [-0.4, -0.2) is 43.0 Å². The number of hydrogen-bond acceptors (Lipinski definition) is 3. The van der Waals surface area contributed by atoms with E-state index in [-0.39, 0.29) is 18.5 Å². The van der Waals surface area contributed by atoms with E-state index in [0.717, 1.165) is 12.8 Å². The molecule has 0 saturated carbocycles. The van der Waals surface area contributed by atoms with Crippen molar-refractivity contribution in [1.29, 1.82) is 0 Å². The van der Waals surface area contributed by atoms with E-state index < -0.39 is 41.7 Å². The van der Waals surface area contributed by atoms with Gasteiger partial charge in [-0.2, -0.15) is 26.3 Å². The van der Waals surface area contributed by atoms with Crippen molar-refractivity contribution in [2.75, 3.05) is 26.2 Å². The molecule has 11 heteroatoms. The molecule has 0 atom stereocenters. The molecule has 1 saturated heterocycles. The Morgan fingerprint density at radius 1 is 0.963 bits per heavy atom. The molecule has 1 aromatic rings. The maximum Gasteiger partial charge on any atom is 0.416 e. The van der Waals surface area contributed by atoms with Crippen molar-refractivity contribution in [1.82, 2.24) is 10.2 Å². The van der Waals surface area contributed by atoms with Gasteiger partial charge in [0.15, 0.2) is 6.61 Å². The molecule has 0 spiro atoms. The molecule has 0 bridgehead atoms. The van der Waals surface area contributed by atoms with Crippen LogP contribution in [0.4, 0.5) is 26.3 Å². The summed E-state index contributed by atoms with van der Waals surface area (Å²) in [5, 5.41) is 2.22. The molecule has 5 nitrogen and oxygen atoms in total. The van der Waals surface area contributed by atoms with Gasteiger partial charge in [-0.3, -0.25) is 9.59 Å². The second kappa shape index (κ2) is 8.05. The molecule has 150 valence electrons. The van der Waals surface area contributed by atoms with Gasteiger partial charge in [-0.15, -0.1) is 0 Å². The first kappa shape index (κ1) is 20.8. The van der Waals surface area contributed by atoms with Crippen LogP contribution in [0.3, 0.4) is 0 Å². The van der Waals surface area contributed by atoms with Gasteiger partial charge >= 0.3 is 12.4 Å². The number of alkyl halides is 6. The van der Waals surface area contributed by atoms with E-state index >= 15 is 0 Å². The standard InChI is InChI=1S/C16H16F6N2O3/c17-15(18,19)10-5-11(16(20,21)22)7-12(6-10)27-9-13(25)23-8-14(26)24-3-1-2-4-24/h5-7H,1-4,8-9H2,(H,23,25). The number of hydrogen-bond donors (Lipinski definition) is 1. The monoisotopic (exact) mass is 398 g/mol. The van der Waals surface area contributed by atoms with Crippen molar-refractivity contribution >= 4 is 11.8 Å². The lowest BCUT2D eigenvalue weighted by Gasteiger charge is -2.16. The minimum absolute atomic E-state index is 0.0400. The zero-order chi connectivity index (χ0) is 20.2. The number of benzene rings is 1. The third-order valence-electron chi connectivity index (χ3n) is 3.83. The Hall–Kier alpha value is -2.46. The van der Waals surface area contributed by atoms with Gasteiger partial charge in [0.1, 0.15) is 5.75 Å². The molecule has 1 heterocycles. The molecule has 1 aliphatic rings. The highest BCUT2D eigenvalue weighted by molar-refractivity contribution is 5.85. The first-order chi connectivity index (χ1) is 12.5. The summed E-state index contributed by atoms with van der Waals surface area (Å²) in [5.74, 6) is -1.91. The Labute approximate surface area is 150 Å². The Balaban J connectivity index is 1.97. The summed E-state index contributed by atoms with van der Waals surface area (Å²) in [6.45, 7) is 0.00971. The number of amides is 2. The zero-order valence-corrected chi connectivity index (χ0v) is 13.9. The second-order valence-electron chi connectivity index (χ2n) is 5.89. The van der Waals surface area contributed by atoms with E-state index in [1.54, 1.807) is 4.90 Å². The lowest BCUT2D eigenvalue weighted by atomic mass is 10.1. The van der Waals surface area contributed by atoms with Crippen LogP contribution in [0.25, 0.3) is 0 Å². The van der Waals surface area contributed by atoms with Crippen molar-refractivity contribution in [3.05, 3.63) is 29.3 Å². The van der Waals surface area contributed by atoms with Gasteiger partial charge in [-0.05, 0) is 31.0 Å². The fourth-order valence-corrected chi connectivity index (χ4v) is 2.46. The molecular formula is C16H16F6N2O3. The smallest absolute Gasteiger partial charge is 0.416 e. The highest BCUT2D eigenvalue weighted by Crippen LogP contribution is 2.38. The van der Waals surface area contributed by atoms with Crippen LogP contribution in [0.15, 0.2) is 18.2 Å². The predicted molar refractivity (Wildman–Crippen MR) is 80.8 cm³/mol. The average molecular weight is 398 g/mol. The van der Waals surface area contributed by atoms with Gasteiger partial charge < -0.3 is 15.0 Å². The molecule has 1 aromatic carbocycles. The van der Waals surface area contributed by atoms with E-state index in [1.165, 1.54) is 0 Å². The minimum atomic E-state index is -5.01. The van der Waals surface area contributed by atoms with Crippen LogP contribution in [0.1, 0.15) is 24.0 Å². The fraction of sp³-hybridized carbons (Fsp3) is 0.500. The Kier molecular flexibility index (Phi) is 6.22. The molecule has 0 radical (unpaired) electrons. The van der Waals surface area contributed by atoms with Crippen molar-refractivity contribution in [2.45, 2.75) is 25.2 Å². The Morgan fingerprint density at radius 3 is 1.96 bits per heavy atom. The van der Waals surface area contributed by atoms with Gasteiger partial charge in [-0.25, -0.2) is 0 Å². The van der Waals surface area contributed by atoms with Crippen LogP contribution in [-0.2, 0) is 21.9 Å². The number of nitrogens with one attached hydrogen (secondary N) is 1. The predicted octanol–water partition coefficient (Wildman–Crippen LogP) is 2.84. The summed E-state index contributed by atoms with van der Waals surface area (Å²) < 4.78 is 81.2. The Bertz CT molecular complexity index is 664. The van der Waals surface area contributed by atoms with Crippen LogP contribution in [0, 0.1) is 0 Å². The van der Waals surface area contributed by atoms with Gasteiger partial charge in [-0.1, -0.05) is 0 Å². The van der Waals surface area contributed by atoms with Crippen LogP contribution in [0.2, 0.25) is 0 Å². The Morgan fingerprint density at radius 2 is 1.48 bits per heavy atom. The second-order valence-corrected chi connectivity index (χ2v) is 5.89. The van der Waals surface area contributed by atoms with Crippen molar-refractivity contribution in [3.63, 3.8) is 0 Å². The minimum Gasteiger partial charge on any atom is -0.484 e. The molecule has 2 rings (SSSR count). The average Bonchev–Trinajstić information content (AvgIpc) is 3.10. The molecule has 2 amide bonds. The highest BCUT2D eigenvalue weighted by Gasteiger charge is 2.37. The lowest BCUT2D eigenvalue weighted by Crippen LogP contribution is -2.40. The summed E-state index contributed by atoms with van der Waals surface area (Å²) in [6.07, 6.45) is -8.30. The SMILES string of the molecule is O=C(COc1cc(C(F)(F)F)cc(C(F)(F)F)c1)NCC(=O)N1CCCC1. The molecule has 0 aliphatic carbocycles. The maximum absolute atomic E-state index is 12.7. The van der Waals surface area contributed by atoms with E-state index in [4.69, 9.17) is 4.74 Å². The van der Waals surface area contributed by atoms with Crippen molar-refractivity contribution in [3.8, 4) is 5.75 Å². The number of carbonyl (C=O) groups excluding carboxylic acids is 2. The number of likely N-dealkylation sites (tertiary alicyclic amines) is 1. The summed E-state index contributed by atoms with van der Waals surface area (Å²) >= 11 is 0. The fourth-order valence-electron chi connectivity index (χ4n) is 2.46. The van der Waals surface area contributed by atoms with Gasteiger partial charge in [0.25, 0.3) is 5.91 Å². The molecule has 1 aliphatic heterocycles. The normalized spacial score (nSPS) is 15.0. The largest absolute Gasteiger partial charge is 0.484 e. The lowest BCUT2D eigenvalue weighted by molar-refractivity contribution is -0.143. The molecule has 1 N–H and O–H groups in total. The van der Waals surface area contributed by atoms with E-state index in [2.05, 4.69) is 5.32 Å². The topological polar surface area (TPSA) is 58.6 Å². The summed E-state index contributed by atoms with van der Waals surface area (Å²) in [7, 11) is 0. The third kappa shape index (κ3) is 6.04. The first-order valence-corrected chi connectivity index (χ1v) is 7.93. The number of halogens is 6. The molecule has 0 unspecified atom stereocenters. The third-order valence-corrected chi connectivity index (χ3v) is 3.83. The molecule has 1 fully saturated rings. The van der Waals surface area contributed by atoms with E-state index in [1.807, 2.05) is 0 Å². The van der Waals surface area contributed by atoms with Gasteiger partial charge in [0, 0.05) is 13.1 Å². The highest BCUT2D eigenvalue weighted by atomic mass is 19.4. The van der Waals surface area contributed by atoms with Crippen LogP contribution < -0.4 is 10.1 Å². The van der Waals surface area contributed by atoms with Crippen LogP contribution in [0.5, 0.6) is 5.75 Å². The van der Waals surface area contributed by atoms with E-state index in [0.29, 0.717) is 25.2 Å². The summed E-state index contributed by atoms with van der Waals surface area (Å²) in [5.41, 5.74) is -3.09. The van der Waals surface area contributed by atoms with Crippen molar-refractivity contribution < 1.29 is 40.7 Å². The van der Waals surface area contributed by atoms with Crippen molar-refractivity contribution in [2.24, 2.45) is 0 Å². The van der Waals surface area contributed by atoms with Gasteiger partial charge in [0.2, 0.25) is 5.91 Å². The number of carbonyl (C=O) groups is 2. The van der Waals surface area contributed by atoms with Gasteiger partial charge in [0.05, 0.1) is 17.7 Å². The van der Waals surface area contributed by atoms with Crippen LogP contribution >= 0.6 is 0 Å². The summed E-state index contributed by atoms with van der Waals surface area (Å²) in [6, 6.07) is 0.706. The summed E-state index contributed by atoms with van der Waals surface area (Å²) in [4.78, 5) is 24.9. The molecular weight excluding hydrogens is 382 g/mol. The quantitative estimate of drug-likeness (QED) is 0.777. The first-order valence-electron chi connectivity index (χ1n) is 7.93. The van der Waals surface area contributed by atoms with E-state index in [9.17, 15) is 35.9 Å².